The van der Waals surface area contributed by atoms with E-state index in [2.05, 4.69) is 16.0 Å². The van der Waals surface area contributed by atoms with E-state index in [0.29, 0.717) is 62.2 Å². The third-order valence-corrected chi connectivity index (χ3v) is 12.2. The molecule has 68 heavy (non-hydrogen) atoms. The summed E-state index contributed by atoms with van der Waals surface area (Å²) < 4.78 is 21.8. The lowest BCUT2D eigenvalue weighted by molar-refractivity contribution is -0.194. The second-order valence-electron chi connectivity index (χ2n) is 16.7. The molecule has 2 aliphatic heterocycles. The summed E-state index contributed by atoms with van der Waals surface area (Å²) >= 11 is 0. The van der Waals surface area contributed by atoms with Crippen LogP contribution in [0.5, 0.6) is 23.0 Å². The summed E-state index contributed by atoms with van der Waals surface area (Å²) in [5.41, 5.74) is 4.31. The van der Waals surface area contributed by atoms with Crippen molar-refractivity contribution in [3.8, 4) is 23.0 Å². The Labute approximate surface area is 393 Å². The molecular formula is C49H57N5O14. The van der Waals surface area contributed by atoms with E-state index in [1.807, 2.05) is 66.7 Å². The number of carbonyl (C=O) groups is 5. The first-order chi connectivity index (χ1) is 33.0. The normalized spacial score (nSPS) is 17.6. The number of phenolic OH excluding ortho intramolecular Hbond substituents is 2. The zero-order valence-electron chi connectivity index (χ0n) is 37.7. The number of amides is 4. The van der Waals surface area contributed by atoms with Crippen molar-refractivity contribution in [1.82, 2.24) is 25.8 Å². The fourth-order valence-electron chi connectivity index (χ4n) is 8.80. The topological polar surface area (TPSA) is 244 Å². The molecular weight excluding hydrogens is 883 g/mol. The zero-order chi connectivity index (χ0) is 48.0. The lowest BCUT2D eigenvalue weighted by Crippen LogP contribution is -2.45. The first-order valence-electron chi connectivity index (χ1n) is 22.6. The van der Waals surface area contributed by atoms with Crippen LogP contribution in [0.4, 0.5) is 14.4 Å². The molecule has 6 N–H and O–H groups in total. The Morgan fingerprint density at radius 1 is 0.794 bits per heavy atom. The maximum Gasteiger partial charge on any atom is 0.410 e. The van der Waals surface area contributed by atoms with Gasteiger partial charge in [0, 0.05) is 50.1 Å². The molecule has 1 saturated heterocycles. The van der Waals surface area contributed by atoms with Crippen LogP contribution < -0.4 is 25.6 Å². The predicted octanol–water partition coefficient (Wildman–Crippen LogP) is 5.72. The Morgan fingerprint density at radius 2 is 1.46 bits per heavy atom. The lowest BCUT2D eigenvalue weighted by Gasteiger charge is -2.39. The number of benzene rings is 4. The minimum Gasteiger partial charge on any atom is -0.504 e. The molecule has 1 fully saturated rings. The van der Waals surface area contributed by atoms with Crippen LogP contribution in [0.25, 0.3) is 0 Å². The second-order valence-corrected chi connectivity index (χ2v) is 16.7. The van der Waals surface area contributed by atoms with Crippen LogP contribution in [0.3, 0.4) is 0 Å². The van der Waals surface area contributed by atoms with Gasteiger partial charge < -0.3 is 64.9 Å². The van der Waals surface area contributed by atoms with Crippen LogP contribution in [0.15, 0.2) is 84.9 Å². The molecule has 19 heteroatoms. The number of phenols is 2. The third-order valence-electron chi connectivity index (χ3n) is 12.2. The number of aromatic hydroxyl groups is 2. The van der Waals surface area contributed by atoms with Gasteiger partial charge >= 0.3 is 24.2 Å². The molecule has 1 aliphatic carbocycles. The molecule has 0 radical (unpaired) electrons. The van der Waals surface area contributed by atoms with Crippen LogP contribution in [0.2, 0.25) is 0 Å². The summed E-state index contributed by atoms with van der Waals surface area (Å²) in [7, 11) is 1.36. The number of nitrogens with zero attached hydrogens (tertiary/aromatic N) is 2. The molecule has 0 bridgehead atoms. The average Bonchev–Trinajstić information content (AvgIpc) is 3.97. The van der Waals surface area contributed by atoms with Crippen LogP contribution in [0, 0.1) is 11.8 Å². The van der Waals surface area contributed by atoms with E-state index in [4.69, 9.17) is 28.7 Å². The number of carboxylic acid groups (broad SMARTS) is 1. The van der Waals surface area contributed by atoms with Gasteiger partial charge in [-0.25, -0.2) is 14.4 Å². The van der Waals surface area contributed by atoms with Gasteiger partial charge in [0.05, 0.1) is 32.2 Å². The van der Waals surface area contributed by atoms with Gasteiger partial charge in [-0.3, -0.25) is 9.59 Å². The zero-order valence-corrected chi connectivity index (χ0v) is 37.7. The predicted molar refractivity (Wildman–Crippen MR) is 243 cm³/mol. The van der Waals surface area contributed by atoms with Gasteiger partial charge in [0.15, 0.2) is 17.2 Å². The second kappa shape index (κ2) is 23.5. The fraction of sp³-hybridized carbons (Fsp3) is 0.408. The lowest BCUT2D eigenvalue weighted by atomic mass is 9.65. The van der Waals surface area contributed by atoms with Gasteiger partial charge in [-0.05, 0) is 84.3 Å². The van der Waals surface area contributed by atoms with Crippen LogP contribution in [-0.2, 0) is 48.5 Å². The van der Waals surface area contributed by atoms with Gasteiger partial charge in [0.25, 0.3) is 0 Å². The summed E-state index contributed by atoms with van der Waals surface area (Å²) in [5, 5.41) is 39.7. The minimum absolute atomic E-state index is 0.0274. The van der Waals surface area contributed by atoms with E-state index < -0.39 is 59.5 Å². The summed E-state index contributed by atoms with van der Waals surface area (Å²) in [6, 6.07) is 24.5. The molecule has 4 atom stereocenters. The van der Waals surface area contributed by atoms with E-state index >= 15 is 0 Å². The molecule has 19 nitrogen and oxygen atoms in total. The number of cyclic esters (lactones) is 1. The van der Waals surface area contributed by atoms with Gasteiger partial charge in [-0.2, -0.15) is 4.89 Å². The number of alkyl carbamates (subject to hydrolysis) is 1. The fourth-order valence-corrected chi connectivity index (χ4v) is 8.80. The number of unbranched alkanes of at least 4 members (excludes halogenated alkanes) is 1. The van der Waals surface area contributed by atoms with Crippen molar-refractivity contribution >= 4 is 30.2 Å². The number of nitrogens with one attached hydrogen (secondary N) is 3. The summed E-state index contributed by atoms with van der Waals surface area (Å²) in [6.07, 6.45) is -0.384. The van der Waals surface area contributed by atoms with E-state index in [-0.39, 0.29) is 64.3 Å². The summed E-state index contributed by atoms with van der Waals surface area (Å²) in [5.74, 6) is -3.07. The number of esters is 1. The maximum absolute atomic E-state index is 13.7. The van der Waals surface area contributed by atoms with Gasteiger partial charge in [-0.1, -0.05) is 60.7 Å². The van der Waals surface area contributed by atoms with Gasteiger partial charge in [-0.15, -0.1) is 0 Å². The van der Waals surface area contributed by atoms with Crippen LogP contribution >= 0.6 is 0 Å². The van der Waals surface area contributed by atoms with E-state index in [1.54, 1.807) is 17.0 Å². The van der Waals surface area contributed by atoms with Crippen molar-refractivity contribution in [2.75, 3.05) is 59.5 Å². The summed E-state index contributed by atoms with van der Waals surface area (Å²) in [6.45, 7) is 1.97. The Hall–Kier alpha value is -7.25. The van der Waals surface area contributed by atoms with E-state index in [0.717, 1.165) is 22.3 Å². The molecule has 0 spiro atoms. The van der Waals surface area contributed by atoms with E-state index in [1.165, 1.54) is 18.1 Å². The molecule has 4 aromatic carbocycles. The highest BCUT2D eigenvalue weighted by molar-refractivity contribution is 5.81. The van der Waals surface area contributed by atoms with Gasteiger partial charge in [0.2, 0.25) is 11.7 Å². The quantitative estimate of drug-likeness (QED) is 0.0182. The number of fused-ring (bicyclic) bond motifs is 3. The monoisotopic (exact) mass is 939 g/mol. The minimum atomic E-state index is -1.09. The number of carbonyl (C=O) groups excluding carboxylic acids is 4. The highest BCUT2D eigenvalue weighted by atomic mass is 17.2. The molecule has 362 valence electrons. The average molecular weight is 940 g/mol. The number of methoxy groups -OCH3 is 1. The summed E-state index contributed by atoms with van der Waals surface area (Å²) in [4.78, 5) is 78.1. The molecule has 3 aliphatic rings. The Balaban J connectivity index is 0.911. The molecule has 4 amide bonds. The van der Waals surface area contributed by atoms with Crippen molar-refractivity contribution in [2.24, 2.45) is 11.8 Å². The third kappa shape index (κ3) is 12.4. The molecule has 0 saturated carbocycles. The number of rotatable bonds is 22. The first-order valence-corrected chi connectivity index (χ1v) is 22.6. The largest absolute Gasteiger partial charge is 0.504 e. The molecule has 4 unspecified atom stereocenters. The van der Waals surface area contributed by atoms with Crippen molar-refractivity contribution in [3.63, 3.8) is 0 Å². The number of hydrogen-bond donors (Lipinski definition) is 6. The Bertz CT molecular complexity index is 2390. The molecule has 7 rings (SSSR count). The van der Waals surface area contributed by atoms with E-state index in [9.17, 15) is 39.3 Å². The van der Waals surface area contributed by atoms with Crippen LogP contribution in [0.1, 0.15) is 71.0 Å². The van der Waals surface area contributed by atoms with Crippen molar-refractivity contribution < 1.29 is 68.0 Å². The Kier molecular flexibility index (Phi) is 16.8. The van der Waals surface area contributed by atoms with Gasteiger partial charge in [0.1, 0.15) is 19.8 Å². The smallest absolute Gasteiger partial charge is 0.410 e. The number of ether oxygens (including phenoxy) is 4. The molecule has 2 heterocycles. The molecule has 4 aromatic rings. The SMILES string of the molecule is COc1cc(C2c3cc4c(cc3C(NC(=O)CNCCCN(CCCCN(CCCNC(=O)OCc3ccccc3)C(=O)O)C(=O)OCc3ccccc3)C3COC(=O)C23)COO4)cc(O)c1O. The molecule has 0 aromatic heterocycles. The standard InChI is InChI=1S/C49H57N5O14/c1-63-40-24-33(23-38(55)45(40)57)42-35-25-39-34(29-67-68-39)22-36(35)44(37-30-64-46(58)43(37)42)52-41(56)26-50-16-10-21-54(49(62)66-28-32-14-6-3-7-15-32)19-9-8-18-53(48(60)61)20-11-17-51-47(59)65-27-31-12-4-2-5-13-31/h2-7,12-15,22-25,37,42-44,50,55,57H,8-11,16-21,26-30H2,1H3,(H,51,59)(H,52,56)(H,60,61). The van der Waals surface area contributed by atoms with Crippen molar-refractivity contribution in [2.45, 2.75) is 57.5 Å². The van der Waals surface area contributed by atoms with Crippen molar-refractivity contribution in [3.05, 3.63) is 118 Å². The van der Waals surface area contributed by atoms with Crippen molar-refractivity contribution in [1.29, 1.82) is 0 Å². The Morgan fingerprint density at radius 3 is 2.16 bits per heavy atom. The van der Waals surface area contributed by atoms with Crippen LogP contribution in [-0.4, -0.2) is 115 Å². The highest BCUT2D eigenvalue weighted by Crippen LogP contribution is 2.54. The number of hydrogen-bond acceptors (Lipinski definition) is 14. The maximum atomic E-state index is 13.7. The first kappa shape index (κ1) is 48.7. The highest BCUT2D eigenvalue weighted by Gasteiger charge is 2.53.